The van der Waals surface area contributed by atoms with Gasteiger partial charge in [-0.05, 0) is 31.1 Å². The van der Waals surface area contributed by atoms with E-state index in [4.69, 9.17) is 0 Å². The predicted octanol–water partition coefficient (Wildman–Crippen LogP) is 3.79. The summed E-state index contributed by atoms with van der Waals surface area (Å²) in [5, 5.41) is 12.8. The molecule has 0 aliphatic heterocycles. The van der Waals surface area contributed by atoms with Gasteiger partial charge in [-0.15, -0.1) is 0 Å². The number of nitrogens with one attached hydrogen (secondary N) is 1. The van der Waals surface area contributed by atoms with Crippen LogP contribution in [0.5, 0.6) is 0 Å². The lowest BCUT2D eigenvalue weighted by Crippen LogP contribution is -2.49. The fourth-order valence-electron chi connectivity index (χ4n) is 3.81. The molecule has 2 aliphatic carbocycles. The average molecular weight is 276 g/mol. The van der Waals surface area contributed by atoms with Gasteiger partial charge in [0.25, 0.3) is 0 Å². The molecular weight excluding hydrogens is 248 g/mol. The van der Waals surface area contributed by atoms with Crippen molar-refractivity contribution in [2.24, 2.45) is 17.3 Å². The highest BCUT2D eigenvalue weighted by atomic mass is 16.2. The summed E-state index contributed by atoms with van der Waals surface area (Å²) < 4.78 is 0. The maximum Gasteiger partial charge on any atom is 0.240 e. The molecule has 3 unspecified atom stereocenters. The molecule has 1 N–H and O–H groups in total. The number of hydrogen-bond acceptors (Lipinski definition) is 2. The smallest absolute Gasteiger partial charge is 0.240 e. The number of carbonyl (C=O) groups is 1. The summed E-state index contributed by atoms with van der Waals surface area (Å²) in [5.41, 5.74) is -0.753. The minimum Gasteiger partial charge on any atom is -0.352 e. The Morgan fingerprint density at radius 2 is 1.75 bits per heavy atom. The van der Waals surface area contributed by atoms with E-state index in [1.54, 1.807) is 0 Å². The van der Waals surface area contributed by atoms with Gasteiger partial charge in [0.1, 0.15) is 5.41 Å². The van der Waals surface area contributed by atoms with Crippen molar-refractivity contribution in [1.82, 2.24) is 5.32 Å². The lowest BCUT2D eigenvalue weighted by molar-refractivity contribution is -0.130. The molecule has 0 spiro atoms. The van der Waals surface area contributed by atoms with Crippen LogP contribution in [0.2, 0.25) is 0 Å². The van der Waals surface area contributed by atoms with E-state index in [9.17, 15) is 10.1 Å². The second kappa shape index (κ2) is 6.61. The first-order valence-electron chi connectivity index (χ1n) is 8.31. The third-order valence-electron chi connectivity index (χ3n) is 5.63. The molecule has 20 heavy (non-hydrogen) atoms. The Morgan fingerprint density at radius 3 is 2.35 bits per heavy atom. The van der Waals surface area contributed by atoms with Gasteiger partial charge in [0.05, 0.1) is 6.07 Å². The fraction of sp³-hybridized carbons (Fsp3) is 0.882. The van der Waals surface area contributed by atoms with Crippen molar-refractivity contribution in [3.05, 3.63) is 0 Å². The Bertz CT molecular complexity index is 377. The molecule has 2 aliphatic rings. The van der Waals surface area contributed by atoms with Gasteiger partial charge >= 0.3 is 0 Å². The number of nitriles is 1. The first-order chi connectivity index (χ1) is 9.59. The lowest BCUT2D eigenvalue weighted by Gasteiger charge is -2.36. The second-order valence-electron chi connectivity index (χ2n) is 6.96. The number of nitrogens with zero attached hydrogens (tertiary/aromatic N) is 1. The van der Waals surface area contributed by atoms with E-state index in [1.807, 2.05) is 0 Å². The van der Waals surface area contributed by atoms with Gasteiger partial charge in [-0.25, -0.2) is 0 Å². The van der Waals surface area contributed by atoms with Crippen LogP contribution in [0.4, 0.5) is 0 Å². The van der Waals surface area contributed by atoms with Gasteiger partial charge in [-0.2, -0.15) is 5.26 Å². The molecule has 3 heteroatoms. The number of hydrogen-bond donors (Lipinski definition) is 1. The summed E-state index contributed by atoms with van der Waals surface area (Å²) >= 11 is 0. The lowest BCUT2D eigenvalue weighted by atomic mass is 9.76. The van der Waals surface area contributed by atoms with Crippen LogP contribution in [-0.2, 0) is 4.79 Å². The maximum absolute atomic E-state index is 12.7. The molecule has 0 aromatic carbocycles. The van der Waals surface area contributed by atoms with Crippen molar-refractivity contribution < 1.29 is 4.79 Å². The third kappa shape index (κ3) is 3.16. The molecule has 2 fully saturated rings. The molecule has 0 saturated heterocycles. The van der Waals surface area contributed by atoms with Crippen molar-refractivity contribution in [2.45, 2.75) is 77.7 Å². The van der Waals surface area contributed by atoms with Crippen LogP contribution in [0.25, 0.3) is 0 Å². The van der Waals surface area contributed by atoms with E-state index in [0.717, 1.165) is 44.9 Å². The van der Waals surface area contributed by atoms with Crippen molar-refractivity contribution in [2.75, 3.05) is 0 Å². The Balaban J connectivity index is 2.03. The van der Waals surface area contributed by atoms with E-state index in [1.165, 1.54) is 12.8 Å². The number of rotatable bonds is 2. The van der Waals surface area contributed by atoms with Gasteiger partial charge in [0, 0.05) is 6.04 Å². The molecule has 0 radical (unpaired) electrons. The van der Waals surface area contributed by atoms with Gasteiger partial charge in [-0.1, -0.05) is 52.4 Å². The second-order valence-corrected chi connectivity index (χ2v) is 6.96. The van der Waals surface area contributed by atoms with Crippen molar-refractivity contribution >= 4 is 5.91 Å². The molecule has 2 saturated carbocycles. The van der Waals surface area contributed by atoms with E-state index >= 15 is 0 Å². The van der Waals surface area contributed by atoms with Crippen LogP contribution < -0.4 is 5.32 Å². The molecular formula is C17H28N2O. The minimum absolute atomic E-state index is 0.00727. The Morgan fingerprint density at radius 1 is 1.10 bits per heavy atom. The summed E-state index contributed by atoms with van der Waals surface area (Å²) in [6, 6.07) is 2.62. The van der Waals surface area contributed by atoms with Gasteiger partial charge in [0.2, 0.25) is 5.91 Å². The first kappa shape index (κ1) is 15.4. The van der Waals surface area contributed by atoms with Crippen LogP contribution in [0.3, 0.4) is 0 Å². The molecule has 3 nitrogen and oxygen atoms in total. The van der Waals surface area contributed by atoms with Gasteiger partial charge in [-0.3, -0.25) is 4.79 Å². The average Bonchev–Trinajstić information content (AvgIpc) is 2.70. The largest absolute Gasteiger partial charge is 0.352 e. The van der Waals surface area contributed by atoms with Gasteiger partial charge < -0.3 is 5.32 Å². The number of amides is 1. The predicted molar refractivity (Wildman–Crippen MR) is 79.9 cm³/mol. The highest BCUT2D eigenvalue weighted by Gasteiger charge is 2.40. The number of carbonyl (C=O) groups excluding carboxylic acids is 1. The Kier molecular flexibility index (Phi) is 5.07. The summed E-state index contributed by atoms with van der Waals surface area (Å²) in [4.78, 5) is 12.7. The topological polar surface area (TPSA) is 52.9 Å². The Hall–Kier alpha value is -1.04. The zero-order chi connectivity index (χ0) is 14.6. The van der Waals surface area contributed by atoms with Crippen molar-refractivity contribution in [1.29, 1.82) is 5.26 Å². The first-order valence-corrected chi connectivity index (χ1v) is 8.31. The van der Waals surface area contributed by atoms with E-state index in [0.29, 0.717) is 11.8 Å². The SMILES string of the molecule is CC1CCCC(NC(=O)C2(C#N)CCCCCC2)C1C. The zero-order valence-corrected chi connectivity index (χ0v) is 13.0. The maximum atomic E-state index is 12.7. The van der Waals surface area contributed by atoms with Crippen molar-refractivity contribution in [3.63, 3.8) is 0 Å². The van der Waals surface area contributed by atoms with E-state index in [2.05, 4.69) is 25.2 Å². The van der Waals surface area contributed by atoms with Crippen LogP contribution in [-0.4, -0.2) is 11.9 Å². The zero-order valence-electron chi connectivity index (χ0n) is 13.0. The van der Waals surface area contributed by atoms with Crippen LogP contribution in [0.15, 0.2) is 0 Å². The Labute approximate surface area is 123 Å². The normalized spacial score (nSPS) is 33.8. The van der Waals surface area contributed by atoms with Gasteiger partial charge in [0.15, 0.2) is 0 Å². The molecule has 2 rings (SSSR count). The van der Waals surface area contributed by atoms with E-state index in [-0.39, 0.29) is 11.9 Å². The van der Waals surface area contributed by atoms with E-state index < -0.39 is 5.41 Å². The highest BCUT2D eigenvalue weighted by molar-refractivity contribution is 5.85. The molecule has 1 amide bonds. The summed E-state index contributed by atoms with van der Waals surface area (Å²) in [5.74, 6) is 1.20. The monoisotopic (exact) mass is 276 g/mol. The third-order valence-corrected chi connectivity index (χ3v) is 5.63. The van der Waals surface area contributed by atoms with Crippen molar-refractivity contribution in [3.8, 4) is 6.07 Å². The summed E-state index contributed by atoms with van der Waals surface area (Å²) in [6.07, 6.45) is 9.35. The van der Waals surface area contributed by atoms with Crippen LogP contribution >= 0.6 is 0 Å². The van der Waals surface area contributed by atoms with Crippen LogP contribution in [0.1, 0.15) is 71.6 Å². The summed E-state index contributed by atoms with van der Waals surface area (Å²) in [6.45, 7) is 4.51. The summed E-state index contributed by atoms with van der Waals surface area (Å²) in [7, 11) is 0. The quantitative estimate of drug-likeness (QED) is 0.780. The molecule has 0 aromatic heterocycles. The molecule has 112 valence electrons. The van der Waals surface area contributed by atoms with Crippen LogP contribution in [0, 0.1) is 28.6 Å². The minimum atomic E-state index is -0.753. The highest BCUT2D eigenvalue weighted by Crippen LogP contribution is 2.36. The standard InChI is InChI=1S/C17H28N2O/c1-13-8-7-9-15(14(13)2)19-16(20)17(12-18)10-5-3-4-6-11-17/h13-15H,3-11H2,1-2H3,(H,19,20). The fourth-order valence-corrected chi connectivity index (χ4v) is 3.81. The molecule has 0 heterocycles. The molecule has 0 aromatic rings. The molecule has 3 atom stereocenters. The molecule has 0 bridgehead atoms.